The number of benzene rings is 1. The Morgan fingerprint density at radius 3 is 2.69 bits per heavy atom. The number of anilines is 1. The number of nitrogens with zero attached hydrogens (tertiary/aromatic N) is 3. The van der Waals surface area contributed by atoms with E-state index in [0.29, 0.717) is 23.6 Å². The molecule has 0 aliphatic rings. The minimum atomic E-state index is -0.647. The molecule has 0 saturated carbocycles. The number of aromatic nitrogens is 3. The van der Waals surface area contributed by atoms with Gasteiger partial charge in [-0.2, -0.15) is 0 Å². The van der Waals surface area contributed by atoms with Crippen LogP contribution in [0.5, 0.6) is 11.6 Å². The number of likely N-dealkylation sites (N-methyl/N-ethyl adjacent to an activating group) is 1. The molecule has 4 rings (SSSR count). The summed E-state index contributed by atoms with van der Waals surface area (Å²) >= 11 is 0. The topological polar surface area (TPSA) is 92.4 Å². The molecule has 9 heteroatoms. The summed E-state index contributed by atoms with van der Waals surface area (Å²) < 4.78 is 25.4. The van der Waals surface area contributed by atoms with Crippen molar-refractivity contribution in [2.24, 2.45) is 0 Å². The maximum absolute atomic E-state index is 14.9. The molecule has 180 valence electrons. The largest absolute Gasteiger partial charge is 0.494 e. The lowest BCUT2D eigenvalue weighted by Gasteiger charge is -2.12. The third-order valence-electron chi connectivity index (χ3n) is 5.38. The van der Waals surface area contributed by atoms with Crippen LogP contribution in [-0.2, 0) is 4.79 Å². The molecule has 0 radical (unpaired) electrons. The fourth-order valence-corrected chi connectivity index (χ4v) is 3.64. The Hall–Kier alpha value is -4.24. The van der Waals surface area contributed by atoms with Gasteiger partial charge in [-0.05, 0) is 49.5 Å². The van der Waals surface area contributed by atoms with E-state index >= 15 is 0 Å². The third-order valence-corrected chi connectivity index (χ3v) is 5.38. The number of fused-ring (bicyclic) bond motifs is 1. The van der Waals surface area contributed by atoms with Crippen molar-refractivity contribution in [1.29, 1.82) is 0 Å². The van der Waals surface area contributed by atoms with Crippen LogP contribution in [0.2, 0.25) is 0 Å². The Bertz CT molecular complexity index is 1400. The zero-order chi connectivity index (χ0) is 24.9. The van der Waals surface area contributed by atoms with E-state index in [-0.39, 0.29) is 11.4 Å². The minimum absolute atomic E-state index is 0.0170. The van der Waals surface area contributed by atoms with Gasteiger partial charge in [0.25, 0.3) is 0 Å². The molecular weight excluding hydrogens is 449 g/mol. The molecule has 4 aromatic rings. The summed E-state index contributed by atoms with van der Waals surface area (Å²) in [7, 11) is 6.73. The number of ether oxygens (including phenoxy) is 2. The zero-order valence-electron chi connectivity index (χ0n) is 19.9. The summed E-state index contributed by atoms with van der Waals surface area (Å²) in [4.78, 5) is 26.1. The summed E-state index contributed by atoms with van der Waals surface area (Å²) in [5.41, 5.74) is 3.93. The highest BCUT2D eigenvalue weighted by atomic mass is 19.1. The van der Waals surface area contributed by atoms with Crippen LogP contribution in [0.25, 0.3) is 33.3 Å². The number of carbonyl (C=O) groups is 1. The SMILES string of the molecule is COc1cc(-c2c[nH]c3ncc(-c4cc(NC(=O)/C=C/CN(C)C)c(F)c(OC)c4)cc23)ccn1. The van der Waals surface area contributed by atoms with Crippen LogP contribution in [0.3, 0.4) is 0 Å². The van der Waals surface area contributed by atoms with Crippen LogP contribution < -0.4 is 14.8 Å². The molecule has 8 nitrogen and oxygen atoms in total. The lowest BCUT2D eigenvalue weighted by molar-refractivity contribution is -0.111. The first kappa shape index (κ1) is 23.9. The van der Waals surface area contributed by atoms with Gasteiger partial charge >= 0.3 is 0 Å². The second-order valence-electron chi connectivity index (χ2n) is 8.10. The molecule has 0 saturated heterocycles. The second kappa shape index (κ2) is 10.4. The predicted molar refractivity (Wildman–Crippen MR) is 134 cm³/mol. The first-order valence-electron chi connectivity index (χ1n) is 10.9. The maximum atomic E-state index is 14.9. The Kier molecular flexibility index (Phi) is 7.07. The van der Waals surface area contributed by atoms with Gasteiger partial charge in [0.1, 0.15) is 5.65 Å². The van der Waals surface area contributed by atoms with Crippen molar-refractivity contribution in [2.75, 3.05) is 40.2 Å². The van der Waals surface area contributed by atoms with Gasteiger partial charge in [0, 0.05) is 53.8 Å². The molecule has 1 aromatic carbocycles. The number of hydrogen-bond acceptors (Lipinski definition) is 6. The number of methoxy groups -OCH3 is 2. The summed E-state index contributed by atoms with van der Waals surface area (Å²) in [5, 5.41) is 3.48. The van der Waals surface area contributed by atoms with E-state index in [1.807, 2.05) is 43.4 Å². The van der Waals surface area contributed by atoms with Crippen molar-refractivity contribution in [3.63, 3.8) is 0 Å². The highest BCUT2D eigenvalue weighted by Crippen LogP contribution is 2.35. The molecule has 3 heterocycles. The monoisotopic (exact) mass is 475 g/mol. The molecule has 0 fully saturated rings. The molecule has 0 bridgehead atoms. The maximum Gasteiger partial charge on any atom is 0.248 e. The number of H-pyrrole nitrogens is 1. The molecule has 2 N–H and O–H groups in total. The van der Waals surface area contributed by atoms with E-state index in [9.17, 15) is 9.18 Å². The van der Waals surface area contributed by atoms with E-state index in [4.69, 9.17) is 9.47 Å². The molecule has 0 aliphatic heterocycles. The summed E-state index contributed by atoms with van der Waals surface area (Å²) in [6, 6.07) is 8.83. The van der Waals surface area contributed by atoms with Gasteiger partial charge in [0.05, 0.1) is 19.9 Å². The Labute approximate surface area is 202 Å². The van der Waals surface area contributed by atoms with Crippen molar-refractivity contribution < 1.29 is 18.7 Å². The first-order chi connectivity index (χ1) is 16.9. The molecule has 35 heavy (non-hydrogen) atoms. The number of rotatable bonds is 8. The summed E-state index contributed by atoms with van der Waals surface area (Å²) in [5.74, 6) is -0.559. The van der Waals surface area contributed by atoms with Crippen molar-refractivity contribution in [3.8, 4) is 33.9 Å². The Morgan fingerprint density at radius 2 is 1.94 bits per heavy atom. The molecule has 0 aliphatic carbocycles. The van der Waals surface area contributed by atoms with Gasteiger partial charge in [-0.25, -0.2) is 14.4 Å². The van der Waals surface area contributed by atoms with Gasteiger partial charge in [-0.3, -0.25) is 4.79 Å². The normalized spacial score (nSPS) is 11.4. The minimum Gasteiger partial charge on any atom is -0.494 e. The highest BCUT2D eigenvalue weighted by molar-refractivity contribution is 6.00. The van der Waals surface area contributed by atoms with Crippen LogP contribution in [0.4, 0.5) is 10.1 Å². The lowest BCUT2D eigenvalue weighted by atomic mass is 10.0. The van der Waals surface area contributed by atoms with Crippen molar-refractivity contribution >= 4 is 22.6 Å². The molecule has 3 aromatic heterocycles. The average Bonchev–Trinajstić information content (AvgIpc) is 3.28. The molecular formula is C26H26FN5O3. The van der Waals surface area contributed by atoms with Crippen LogP contribution in [0, 0.1) is 5.82 Å². The molecule has 0 spiro atoms. The first-order valence-corrected chi connectivity index (χ1v) is 10.9. The molecule has 0 unspecified atom stereocenters. The van der Waals surface area contributed by atoms with Crippen LogP contribution in [0.1, 0.15) is 0 Å². The highest BCUT2D eigenvalue weighted by Gasteiger charge is 2.16. The Morgan fingerprint density at radius 1 is 1.11 bits per heavy atom. The fourth-order valence-electron chi connectivity index (χ4n) is 3.64. The average molecular weight is 476 g/mol. The van der Waals surface area contributed by atoms with E-state index < -0.39 is 11.7 Å². The number of hydrogen-bond donors (Lipinski definition) is 2. The predicted octanol–water partition coefficient (Wildman–Crippen LogP) is 4.50. The van der Waals surface area contributed by atoms with Gasteiger partial charge in [0.2, 0.25) is 11.8 Å². The summed E-state index contributed by atoms with van der Waals surface area (Å²) in [6.07, 6.45) is 8.31. The van der Waals surface area contributed by atoms with Crippen molar-refractivity contribution in [3.05, 3.63) is 66.9 Å². The smallest absolute Gasteiger partial charge is 0.248 e. The number of aromatic amines is 1. The quantitative estimate of drug-likeness (QED) is 0.365. The zero-order valence-corrected chi connectivity index (χ0v) is 19.9. The van der Waals surface area contributed by atoms with Crippen molar-refractivity contribution in [1.82, 2.24) is 19.9 Å². The van der Waals surface area contributed by atoms with Gasteiger partial charge in [0.15, 0.2) is 11.6 Å². The van der Waals surface area contributed by atoms with Crippen LogP contribution in [0.15, 0.2) is 61.1 Å². The van der Waals surface area contributed by atoms with Crippen molar-refractivity contribution in [2.45, 2.75) is 0 Å². The number of carbonyl (C=O) groups excluding carboxylic acids is 1. The molecule has 0 atom stereocenters. The van der Waals surface area contributed by atoms with Gasteiger partial charge in [-0.15, -0.1) is 0 Å². The lowest BCUT2D eigenvalue weighted by Crippen LogP contribution is -2.13. The standard InChI is InChI=1S/C26H26FN5O3/c1-32(2)9-5-6-23(33)31-21-11-17(12-22(34-3)25(21)27)18-10-19-20(15-30-26(19)29-14-18)16-7-8-28-24(13-16)35-4/h5-8,10-15H,9H2,1-4H3,(H,29,30)(H,31,33)/b6-5+. The number of amides is 1. The summed E-state index contributed by atoms with van der Waals surface area (Å²) in [6.45, 7) is 0.591. The fraction of sp³-hybridized carbons (Fsp3) is 0.192. The number of nitrogens with one attached hydrogen (secondary N) is 2. The van der Waals surface area contributed by atoms with E-state index in [1.165, 1.54) is 13.2 Å². The second-order valence-corrected chi connectivity index (χ2v) is 8.10. The Balaban J connectivity index is 1.73. The molecule has 1 amide bonds. The van der Waals surface area contributed by atoms with Gasteiger partial charge < -0.3 is 24.7 Å². The van der Waals surface area contributed by atoms with Crippen LogP contribution in [-0.4, -0.2) is 60.6 Å². The van der Waals surface area contributed by atoms with E-state index in [2.05, 4.69) is 20.3 Å². The third kappa shape index (κ3) is 5.30. The van der Waals surface area contributed by atoms with Crippen LogP contribution >= 0.6 is 0 Å². The van der Waals surface area contributed by atoms with E-state index in [1.54, 1.807) is 37.7 Å². The van der Waals surface area contributed by atoms with E-state index in [0.717, 1.165) is 22.1 Å². The van der Waals surface area contributed by atoms with Gasteiger partial charge in [-0.1, -0.05) is 6.08 Å². The number of halogens is 1. The number of pyridine rings is 2.